The summed E-state index contributed by atoms with van der Waals surface area (Å²) in [7, 11) is 0. The molecule has 7 nitrogen and oxygen atoms in total. The summed E-state index contributed by atoms with van der Waals surface area (Å²) in [5.41, 5.74) is 4.73. The molecule has 4 rings (SSSR count). The number of hydrogen-bond donors (Lipinski definition) is 1. The molecule has 0 fully saturated rings. The molecule has 1 atom stereocenters. The molecule has 0 radical (unpaired) electrons. The van der Waals surface area contributed by atoms with Gasteiger partial charge in [-0.3, -0.25) is 9.59 Å². The van der Waals surface area contributed by atoms with Gasteiger partial charge in [-0.05, 0) is 60.7 Å². The van der Waals surface area contributed by atoms with Gasteiger partial charge in [0.1, 0.15) is 0 Å². The first-order valence-electron chi connectivity index (χ1n) is 10.5. The van der Waals surface area contributed by atoms with Crippen LogP contribution in [0.5, 0.6) is 0 Å². The Morgan fingerprint density at radius 1 is 1.23 bits per heavy atom. The largest absolute Gasteiger partial charge is 0.456 e. The lowest BCUT2D eigenvalue weighted by Gasteiger charge is -2.20. The molecule has 31 heavy (non-hydrogen) atoms. The molecule has 1 N–H and O–H groups in total. The highest BCUT2D eigenvalue weighted by Gasteiger charge is 2.16. The number of aromatic nitrogens is 2. The van der Waals surface area contributed by atoms with Crippen molar-refractivity contribution in [2.45, 2.75) is 51.5 Å². The fraction of sp³-hybridized carbons (Fsp3) is 0.391. The molecule has 0 saturated heterocycles. The van der Waals surface area contributed by atoms with Crippen LogP contribution in [0.1, 0.15) is 54.8 Å². The lowest BCUT2D eigenvalue weighted by Crippen LogP contribution is -2.31. The molecule has 162 valence electrons. The summed E-state index contributed by atoms with van der Waals surface area (Å²) in [6.45, 7) is 1.63. The fourth-order valence-corrected chi connectivity index (χ4v) is 4.32. The van der Waals surface area contributed by atoms with E-state index in [1.165, 1.54) is 24.0 Å². The Bertz CT molecular complexity index is 1050. The number of aryl methyl sites for hydroxylation is 3. The number of hydrogen-bond acceptors (Lipinski definition) is 7. The molecule has 3 aromatic rings. The zero-order valence-corrected chi connectivity index (χ0v) is 18.2. The number of nitrogens with zero attached hydrogens (tertiary/aromatic N) is 2. The molecule has 1 unspecified atom stereocenters. The number of esters is 1. The van der Waals surface area contributed by atoms with Gasteiger partial charge in [-0.1, -0.05) is 23.4 Å². The number of nitrogens with one attached hydrogen (secondary N) is 1. The average molecular weight is 440 g/mol. The van der Waals surface area contributed by atoms with E-state index in [-0.39, 0.29) is 31.4 Å². The van der Waals surface area contributed by atoms with Gasteiger partial charge in [-0.25, -0.2) is 0 Å². The number of benzene rings is 1. The predicted octanol–water partition coefficient (Wildman–Crippen LogP) is 4.03. The molecule has 1 aliphatic carbocycles. The second-order valence-corrected chi connectivity index (χ2v) is 8.49. The zero-order chi connectivity index (χ0) is 21.6. The Labute approximate surface area is 184 Å². The van der Waals surface area contributed by atoms with Crippen LogP contribution in [0.4, 0.5) is 0 Å². The molecule has 1 aromatic carbocycles. The molecule has 8 heteroatoms. The molecular weight excluding hydrogens is 414 g/mol. The maximum Gasteiger partial charge on any atom is 0.306 e. The van der Waals surface area contributed by atoms with Crippen LogP contribution in [-0.2, 0) is 33.6 Å². The Morgan fingerprint density at radius 3 is 2.87 bits per heavy atom. The van der Waals surface area contributed by atoms with Crippen LogP contribution in [-0.4, -0.2) is 28.6 Å². The normalized spacial score (nSPS) is 14.0. The molecular formula is C23H25N3O4S. The van der Waals surface area contributed by atoms with Crippen molar-refractivity contribution < 1.29 is 18.8 Å². The molecule has 1 aliphatic rings. The molecule has 0 aliphatic heterocycles. The minimum atomic E-state index is -0.480. The van der Waals surface area contributed by atoms with Gasteiger partial charge in [0.05, 0.1) is 12.5 Å². The van der Waals surface area contributed by atoms with E-state index < -0.39 is 5.97 Å². The number of rotatable bonds is 8. The van der Waals surface area contributed by atoms with E-state index in [9.17, 15) is 9.59 Å². The third-order valence-electron chi connectivity index (χ3n) is 5.40. The molecule has 1 amide bonds. The highest BCUT2D eigenvalue weighted by molar-refractivity contribution is 7.08. The highest BCUT2D eigenvalue weighted by Crippen LogP contribution is 2.24. The molecule has 2 heterocycles. The quantitative estimate of drug-likeness (QED) is 0.533. The van der Waals surface area contributed by atoms with E-state index >= 15 is 0 Å². The average Bonchev–Trinajstić information content (AvgIpc) is 3.48. The first-order chi connectivity index (χ1) is 15.1. The molecule has 2 aromatic heterocycles. The van der Waals surface area contributed by atoms with E-state index in [4.69, 9.17) is 9.26 Å². The van der Waals surface area contributed by atoms with Gasteiger partial charge in [0, 0.05) is 17.4 Å². The number of thiophene rings is 1. The minimum absolute atomic E-state index is 0.0684. The van der Waals surface area contributed by atoms with Crippen LogP contribution >= 0.6 is 11.3 Å². The van der Waals surface area contributed by atoms with Crippen LogP contribution in [0.2, 0.25) is 0 Å². The van der Waals surface area contributed by atoms with Gasteiger partial charge in [-0.2, -0.15) is 16.3 Å². The van der Waals surface area contributed by atoms with E-state index in [1.807, 2.05) is 23.8 Å². The maximum atomic E-state index is 12.2. The van der Waals surface area contributed by atoms with Gasteiger partial charge >= 0.3 is 5.97 Å². The number of amides is 1. The zero-order valence-electron chi connectivity index (χ0n) is 17.4. The minimum Gasteiger partial charge on any atom is -0.456 e. The lowest BCUT2D eigenvalue weighted by atomic mass is 9.89. The third-order valence-corrected chi connectivity index (χ3v) is 6.09. The van der Waals surface area contributed by atoms with Gasteiger partial charge < -0.3 is 14.6 Å². The number of ether oxygens (including phenoxy) is 1. The van der Waals surface area contributed by atoms with Crippen LogP contribution in [0, 0.1) is 0 Å². The summed E-state index contributed by atoms with van der Waals surface area (Å²) < 4.78 is 10.3. The molecule has 0 spiro atoms. The van der Waals surface area contributed by atoms with Gasteiger partial charge in [0.25, 0.3) is 5.91 Å². The van der Waals surface area contributed by atoms with Crippen molar-refractivity contribution in [3.63, 3.8) is 0 Å². The Balaban J connectivity index is 1.20. The topological polar surface area (TPSA) is 94.3 Å². The van der Waals surface area contributed by atoms with Crippen molar-refractivity contribution in [2.24, 2.45) is 0 Å². The summed E-state index contributed by atoms with van der Waals surface area (Å²) >= 11 is 1.55. The Kier molecular flexibility index (Phi) is 6.76. The van der Waals surface area contributed by atoms with Crippen molar-refractivity contribution in [1.29, 1.82) is 0 Å². The van der Waals surface area contributed by atoms with Crippen LogP contribution < -0.4 is 5.32 Å². The smallest absolute Gasteiger partial charge is 0.306 e. The van der Waals surface area contributed by atoms with E-state index in [0.29, 0.717) is 11.7 Å². The van der Waals surface area contributed by atoms with Gasteiger partial charge in [0.15, 0.2) is 6.61 Å². The van der Waals surface area contributed by atoms with Crippen molar-refractivity contribution in [3.05, 3.63) is 57.6 Å². The molecule has 0 bridgehead atoms. The molecule has 0 saturated carbocycles. The second kappa shape index (κ2) is 9.87. The van der Waals surface area contributed by atoms with Gasteiger partial charge in [0.2, 0.25) is 11.7 Å². The third kappa shape index (κ3) is 5.58. The van der Waals surface area contributed by atoms with Crippen molar-refractivity contribution >= 4 is 23.2 Å². The van der Waals surface area contributed by atoms with Gasteiger partial charge in [-0.15, -0.1) is 0 Å². The van der Waals surface area contributed by atoms with Crippen molar-refractivity contribution in [2.75, 3.05) is 6.61 Å². The summed E-state index contributed by atoms with van der Waals surface area (Å²) in [6.07, 6.45) is 5.02. The first-order valence-corrected chi connectivity index (χ1v) is 11.4. The second-order valence-electron chi connectivity index (χ2n) is 7.71. The van der Waals surface area contributed by atoms with E-state index in [1.54, 1.807) is 11.3 Å². The van der Waals surface area contributed by atoms with Crippen molar-refractivity contribution in [1.82, 2.24) is 15.5 Å². The number of carbonyl (C=O) groups is 2. The highest BCUT2D eigenvalue weighted by atomic mass is 32.1. The summed E-state index contributed by atoms with van der Waals surface area (Å²) in [4.78, 5) is 28.4. The first kappa shape index (κ1) is 21.2. The standard InChI is InChI=1S/C23H25N3O4S/c1-15(17-7-6-16-4-2-3-5-18(16)12-17)24-20(27)13-29-22(28)9-8-21-25-23(26-30-21)19-10-11-31-14-19/h6-7,10-12,14-15H,2-5,8-9,13H2,1H3,(H,24,27). The van der Waals surface area contributed by atoms with Crippen LogP contribution in [0.3, 0.4) is 0 Å². The Morgan fingerprint density at radius 2 is 2.06 bits per heavy atom. The maximum absolute atomic E-state index is 12.2. The van der Waals surface area contributed by atoms with Crippen molar-refractivity contribution in [3.8, 4) is 11.4 Å². The fourth-order valence-electron chi connectivity index (χ4n) is 3.68. The summed E-state index contributed by atoms with van der Waals surface area (Å²) in [5, 5.41) is 10.7. The van der Waals surface area contributed by atoms with E-state index in [2.05, 4.69) is 33.7 Å². The SMILES string of the molecule is CC(NC(=O)COC(=O)CCc1nc(-c2ccsc2)no1)c1ccc2c(c1)CCCC2. The van der Waals surface area contributed by atoms with E-state index in [0.717, 1.165) is 24.0 Å². The summed E-state index contributed by atoms with van der Waals surface area (Å²) in [6, 6.07) is 8.16. The Hall–Kier alpha value is -3.00. The van der Waals surface area contributed by atoms with Crippen LogP contribution in [0.15, 0.2) is 39.5 Å². The lowest BCUT2D eigenvalue weighted by molar-refractivity contribution is -0.148. The summed E-state index contributed by atoms with van der Waals surface area (Å²) in [5.74, 6) is 0.0618. The number of fused-ring (bicyclic) bond motifs is 1. The van der Waals surface area contributed by atoms with Crippen LogP contribution in [0.25, 0.3) is 11.4 Å². The monoisotopic (exact) mass is 439 g/mol. The predicted molar refractivity (Wildman–Crippen MR) is 117 cm³/mol. The number of carbonyl (C=O) groups excluding carboxylic acids is 2.